The Balaban J connectivity index is 0.940. The van der Waals surface area contributed by atoms with E-state index in [0.29, 0.717) is 48.3 Å². The topological polar surface area (TPSA) is 259 Å². The number of hydrogen-bond donors (Lipinski definition) is 10. The molecule has 0 radical (unpaired) electrons. The fourth-order valence-electron chi connectivity index (χ4n) is 14.2. The maximum Gasteiger partial charge on any atom is 0.187 e. The van der Waals surface area contributed by atoms with Crippen molar-refractivity contribution >= 4 is 0 Å². The van der Waals surface area contributed by atoms with E-state index in [9.17, 15) is 46.0 Å². The molecule has 1 spiro atoms. The summed E-state index contributed by atoms with van der Waals surface area (Å²) in [6.07, 6.45) is -11.9. The Kier molecular flexibility index (Phi) is 12.9. The van der Waals surface area contributed by atoms with Crippen LogP contribution >= 0.6 is 0 Å². The molecule has 5 aliphatic heterocycles. The van der Waals surface area contributed by atoms with E-state index in [4.69, 9.17) is 33.2 Å². The van der Waals surface area contributed by atoms with Crippen molar-refractivity contribution in [3.8, 4) is 0 Å². The fourth-order valence-corrected chi connectivity index (χ4v) is 14.2. The third-order valence-electron chi connectivity index (χ3n) is 17.9. The molecule has 0 aromatic heterocycles. The molecule has 0 bridgehead atoms. The van der Waals surface area contributed by atoms with Crippen molar-refractivity contribution in [1.29, 1.82) is 0 Å². The standard InChI is InChI=1S/C45H73NO16/c1-19-8-13-45(46-16-19)20(2)30-27(62-45)15-26-24-7-6-22-14-23(9-11-43(22,4)25(24)10-12-44(26,30)5)57-42-39(61-40-36(54)34(52)31(49)21(3)56-40)38(33(51)29(18-48)59-42)60-41-37(55)35(53)32(50)28(17-47)58-41/h6,19-21,23-42,46-55H,7-18H2,1-5H3/t19-,20-,21-,23+,24+,25-,26-,27-,28-,29+,30-,31-,32+,33+,34+,35+,36+,37+,38-,39+,40+,41+,42+,43-,44-,45+/m1/s1. The van der Waals surface area contributed by atoms with E-state index in [1.54, 1.807) is 0 Å². The molecule has 10 N–H and O–H groups in total. The summed E-state index contributed by atoms with van der Waals surface area (Å²) in [5, 5.41) is 99.7. The second-order valence-electron chi connectivity index (χ2n) is 21.2. The largest absolute Gasteiger partial charge is 0.394 e. The molecular formula is C45H73NO16. The highest BCUT2D eigenvalue weighted by atomic mass is 16.8. The molecule has 354 valence electrons. The lowest BCUT2D eigenvalue weighted by Gasteiger charge is -2.59. The van der Waals surface area contributed by atoms with Gasteiger partial charge in [-0.3, -0.25) is 5.32 Å². The van der Waals surface area contributed by atoms with Gasteiger partial charge in [-0.2, -0.15) is 0 Å². The van der Waals surface area contributed by atoms with Crippen LogP contribution in [0.25, 0.3) is 0 Å². The molecule has 0 amide bonds. The van der Waals surface area contributed by atoms with E-state index in [0.717, 1.165) is 38.6 Å². The molecule has 8 fully saturated rings. The quantitative estimate of drug-likeness (QED) is 0.142. The summed E-state index contributed by atoms with van der Waals surface area (Å²) in [6, 6.07) is 0. The summed E-state index contributed by atoms with van der Waals surface area (Å²) in [5.41, 5.74) is 1.32. The van der Waals surface area contributed by atoms with E-state index in [-0.39, 0.29) is 22.7 Å². The number of nitrogens with one attached hydrogen (secondary N) is 1. The smallest absolute Gasteiger partial charge is 0.187 e. The van der Waals surface area contributed by atoms with E-state index >= 15 is 0 Å². The SMILES string of the molecule is C[C@@H]1CC[C@]2(NC1)O[C@@H]1C[C@@H]3[C@H]4CC=C5C[C@@H](O[C@H]6O[C@@H](CO)[C@H](O)[C@@H](O[C@@H]7O[C@H](CO)[C@H](O)[C@H](O)[C@@H]7O)[C@@H]6O[C@@H]6O[C@H](C)[C@@H](O)[C@H](O)[C@@H]6O)CC[C@@]5(C)[C@@H]4CC[C@@]3(C)[C@@H]1[C@H]2C. The van der Waals surface area contributed by atoms with Crippen LogP contribution in [0.3, 0.4) is 0 Å². The minimum Gasteiger partial charge on any atom is -0.394 e. The first-order valence-electron chi connectivity index (χ1n) is 23.5. The van der Waals surface area contributed by atoms with Gasteiger partial charge < -0.3 is 79.1 Å². The highest BCUT2D eigenvalue weighted by molar-refractivity contribution is 5.26. The number of allylic oxidation sites excluding steroid dienone is 1. The third kappa shape index (κ3) is 7.49. The molecule has 5 saturated heterocycles. The number of hydrogen-bond acceptors (Lipinski definition) is 17. The van der Waals surface area contributed by atoms with Crippen LogP contribution in [0.2, 0.25) is 0 Å². The maximum atomic E-state index is 11.6. The Morgan fingerprint density at radius 3 is 2.05 bits per heavy atom. The molecular weight excluding hydrogens is 810 g/mol. The van der Waals surface area contributed by atoms with E-state index in [2.05, 4.69) is 39.1 Å². The maximum absolute atomic E-state index is 11.6. The van der Waals surface area contributed by atoms with Crippen LogP contribution in [0.4, 0.5) is 0 Å². The molecule has 0 aromatic rings. The van der Waals surface area contributed by atoms with Crippen LogP contribution in [0.5, 0.6) is 0 Å². The second-order valence-corrected chi connectivity index (χ2v) is 21.2. The summed E-state index contributed by atoms with van der Waals surface area (Å²) in [5.74, 6) is 3.32. The van der Waals surface area contributed by atoms with Gasteiger partial charge in [0.1, 0.15) is 72.9 Å². The molecule has 17 heteroatoms. The van der Waals surface area contributed by atoms with Crippen LogP contribution in [0.1, 0.15) is 92.4 Å². The third-order valence-corrected chi connectivity index (χ3v) is 17.9. The van der Waals surface area contributed by atoms with Crippen molar-refractivity contribution in [2.75, 3.05) is 19.8 Å². The van der Waals surface area contributed by atoms with Gasteiger partial charge in [0.25, 0.3) is 0 Å². The van der Waals surface area contributed by atoms with E-state index in [1.165, 1.54) is 25.3 Å². The van der Waals surface area contributed by atoms with Gasteiger partial charge in [0, 0.05) is 12.5 Å². The van der Waals surface area contributed by atoms with Gasteiger partial charge in [-0.1, -0.05) is 39.3 Å². The number of piperidine rings is 1. The van der Waals surface area contributed by atoms with Crippen molar-refractivity contribution in [2.24, 2.45) is 46.3 Å². The molecule has 3 saturated carbocycles. The molecule has 26 atom stereocenters. The Hall–Kier alpha value is -0.940. The molecule has 5 heterocycles. The lowest BCUT2D eigenvalue weighted by atomic mass is 9.47. The van der Waals surface area contributed by atoms with Gasteiger partial charge >= 0.3 is 0 Å². The number of fused-ring (bicyclic) bond motifs is 7. The normalized spacial score (nSPS) is 57.6. The Morgan fingerprint density at radius 1 is 0.694 bits per heavy atom. The van der Waals surface area contributed by atoms with Crippen LogP contribution < -0.4 is 5.32 Å². The Morgan fingerprint density at radius 2 is 1.35 bits per heavy atom. The van der Waals surface area contributed by atoms with Crippen LogP contribution in [0.15, 0.2) is 11.6 Å². The Labute approximate surface area is 364 Å². The summed E-state index contributed by atoms with van der Waals surface area (Å²) >= 11 is 0. The van der Waals surface area contributed by atoms with Crippen LogP contribution in [0, 0.1) is 46.3 Å². The Bertz CT molecular complexity index is 1610. The average molecular weight is 884 g/mol. The van der Waals surface area contributed by atoms with Gasteiger partial charge in [-0.05, 0) is 105 Å². The fraction of sp³-hybridized carbons (Fsp3) is 0.956. The predicted octanol–water partition coefficient (Wildman–Crippen LogP) is -0.213. The highest BCUT2D eigenvalue weighted by Gasteiger charge is 2.68. The summed E-state index contributed by atoms with van der Waals surface area (Å²) in [4.78, 5) is 0. The summed E-state index contributed by atoms with van der Waals surface area (Å²) in [6.45, 7) is 10.8. The molecule has 9 aliphatic rings. The van der Waals surface area contributed by atoms with E-state index < -0.39 is 111 Å². The van der Waals surface area contributed by atoms with Gasteiger partial charge in [-0.25, -0.2) is 0 Å². The van der Waals surface area contributed by atoms with Crippen molar-refractivity contribution in [3.05, 3.63) is 11.6 Å². The second kappa shape index (κ2) is 17.3. The van der Waals surface area contributed by atoms with Crippen LogP contribution in [-0.4, -0.2) is 176 Å². The van der Waals surface area contributed by atoms with Gasteiger partial charge in [-0.15, -0.1) is 0 Å². The summed E-state index contributed by atoms with van der Waals surface area (Å²) in [7, 11) is 0. The summed E-state index contributed by atoms with van der Waals surface area (Å²) < 4.78 is 43.9. The monoisotopic (exact) mass is 883 g/mol. The lowest BCUT2D eigenvalue weighted by molar-refractivity contribution is -0.394. The van der Waals surface area contributed by atoms with Gasteiger partial charge in [0.2, 0.25) is 0 Å². The van der Waals surface area contributed by atoms with Crippen molar-refractivity contribution in [3.63, 3.8) is 0 Å². The predicted molar refractivity (Wildman–Crippen MR) is 216 cm³/mol. The number of rotatable bonds is 8. The highest BCUT2D eigenvalue weighted by Crippen LogP contribution is 2.70. The number of aliphatic hydroxyl groups excluding tert-OH is 9. The van der Waals surface area contributed by atoms with Crippen molar-refractivity contribution in [1.82, 2.24) is 5.32 Å². The molecule has 4 aliphatic carbocycles. The molecule has 9 rings (SSSR count). The van der Waals surface area contributed by atoms with Gasteiger partial charge in [0.15, 0.2) is 18.9 Å². The first-order valence-corrected chi connectivity index (χ1v) is 23.5. The zero-order valence-corrected chi connectivity index (χ0v) is 36.7. The molecule has 17 nitrogen and oxygen atoms in total. The van der Waals surface area contributed by atoms with Crippen LogP contribution in [-0.2, 0) is 33.2 Å². The zero-order chi connectivity index (χ0) is 44.2. The minimum atomic E-state index is -1.84. The lowest BCUT2D eigenvalue weighted by Crippen LogP contribution is -2.67. The van der Waals surface area contributed by atoms with Crippen molar-refractivity contribution < 1.29 is 79.1 Å². The zero-order valence-electron chi connectivity index (χ0n) is 36.7. The minimum absolute atomic E-state index is 0.0361. The molecule has 62 heavy (non-hydrogen) atoms. The van der Waals surface area contributed by atoms with E-state index in [1.807, 2.05) is 0 Å². The molecule has 0 unspecified atom stereocenters. The first-order chi connectivity index (χ1) is 29.4. The van der Waals surface area contributed by atoms with Crippen molar-refractivity contribution in [2.45, 2.75) is 202 Å². The number of aliphatic hydroxyl groups is 9. The number of ether oxygens (including phenoxy) is 7. The van der Waals surface area contributed by atoms with Gasteiger partial charge in [0.05, 0.1) is 31.5 Å². The molecule has 0 aromatic carbocycles. The average Bonchev–Trinajstić information content (AvgIpc) is 3.70. The first kappa shape index (κ1) is 46.2.